The summed E-state index contributed by atoms with van der Waals surface area (Å²) in [5, 5.41) is 2.83. The fraction of sp³-hybridized carbons (Fsp3) is 0.588. The first-order valence-corrected chi connectivity index (χ1v) is 10.2. The van der Waals surface area contributed by atoms with E-state index in [0.717, 1.165) is 24.8 Å². The minimum Gasteiger partial charge on any atom is -0.364 e. The number of carbonyl (C=O) groups excluding carboxylic acids is 1. The summed E-state index contributed by atoms with van der Waals surface area (Å²) >= 11 is 0. The van der Waals surface area contributed by atoms with Crippen molar-refractivity contribution in [2.45, 2.75) is 49.3 Å². The number of nitrogens with one attached hydrogen (secondary N) is 1. The minimum atomic E-state index is -3.39. The number of sulfonamides is 1. The second-order valence-corrected chi connectivity index (χ2v) is 8.47. The number of nitrogens with zero attached hydrogens (tertiary/aromatic N) is 1. The maximum Gasteiger partial charge on any atom is 0.249 e. The first-order chi connectivity index (χ1) is 12.0. The van der Waals surface area contributed by atoms with E-state index in [1.54, 1.807) is 24.3 Å². The number of carbonyl (C=O) groups is 1. The van der Waals surface area contributed by atoms with Gasteiger partial charge in [0.25, 0.3) is 0 Å². The van der Waals surface area contributed by atoms with E-state index in [4.69, 9.17) is 10.5 Å². The molecule has 146 valence electrons. The maximum atomic E-state index is 12.5. The van der Waals surface area contributed by atoms with Gasteiger partial charge >= 0.3 is 0 Å². The second kappa shape index (κ2) is 9.14. The van der Waals surface area contributed by atoms with Gasteiger partial charge in [-0.25, -0.2) is 8.42 Å². The van der Waals surface area contributed by atoms with Gasteiger partial charge in [0.05, 0.1) is 11.0 Å². The third kappa shape index (κ3) is 4.75. The van der Waals surface area contributed by atoms with E-state index in [1.165, 1.54) is 4.31 Å². The number of halogens is 1. The van der Waals surface area contributed by atoms with Gasteiger partial charge in [0.1, 0.15) is 6.10 Å². The van der Waals surface area contributed by atoms with E-state index in [9.17, 15) is 13.2 Å². The molecular formula is C17H26ClN3O4S. The first-order valence-electron chi connectivity index (χ1n) is 8.73. The Labute approximate surface area is 160 Å². The van der Waals surface area contributed by atoms with Crippen molar-refractivity contribution >= 4 is 28.3 Å². The number of ether oxygens (including phenoxy) is 1. The van der Waals surface area contributed by atoms with Crippen LogP contribution in [0.4, 0.5) is 0 Å². The zero-order chi connectivity index (χ0) is 17.9. The van der Waals surface area contributed by atoms with Crippen LogP contribution in [0.1, 0.15) is 31.2 Å². The Morgan fingerprint density at radius 3 is 2.42 bits per heavy atom. The lowest BCUT2D eigenvalue weighted by Crippen LogP contribution is -2.35. The van der Waals surface area contributed by atoms with Gasteiger partial charge in [-0.3, -0.25) is 4.79 Å². The van der Waals surface area contributed by atoms with E-state index in [1.807, 2.05) is 0 Å². The fourth-order valence-electron chi connectivity index (χ4n) is 3.23. The number of benzene rings is 1. The molecule has 1 amide bonds. The molecule has 3 N–H and O–H groups in total. The number of rotatable bonds is 6. The maximum absolute atomic E-state index is 12.5. The average molecular weight is 404 g/mol. The van der Waals surface area contributed by atoms with E-state index < -0.39 is 16.1 Å². The Hall–Kier alpha value is -1.19. The van der Waals surface area contributed by atoms with Crippen LogP contribution in [0, 0.1) is 0 Å². The van der Waals surface area contributed by atoms with E-state index >= 15 is 0 Å². The number of hydrogen-bond acceptors (Lipinski definition) is 5. The molecule has 1 aromatic rings. The van der Waals surface area contributed by atoms with Crippen LogP contribution in [0.25, 0.3) is 0 Å². The highest BCUT2D eigenvalue weighted by Crippen LogP contribution is 2.21. The lowest BCUT2D eigenvalue weighted by molar-refractivity contribution is -0.132. The summed E-state index contributed by atoms with van der Waals surface area (Å²) in [6.07, 6.45) is 2.84. The van der Waals surface area contributed by atoms with Crippen LogP contribution >= 0.6 is 12.4 Å². The van der Waals surface area contributed by atoms with Gasteiger partial charge in [-0.05, 0) is 43.4 Å². The number of hydrogen-bond donors (Lipinski definition) is 2. The molecule has 2 aliphatic heterocycles. The van der Waals surface area contributed by atoms with Crippen molar-refractivity contribution in [3.63, 3.8) is 0 Å². The van der Waals surface area contributed by atoms with Crippen LogP contribution in [0.15, 0.2) is 29.2 Å². The van der Waals surface area contributed by atoms with Crippen LogP contribution in [0.2, 0.25) is 0 Å². The molecule has 2 fully saturated rings. The van der Waals surface area contributed by atoms with Crippen molar-refractivity contribution in [1.82, 2.24) is 9.62 Å². The zero-order valence-electron chi connectivity index (χ0n) is 14.6. The highest BCUT2D eigenvalue weighted by molar-refractivity contribution is 7.89. The molecule has 26 heavy (non-hydrogen) atoms. The Bertz CT molecular complexity index is 705. The summed E-state index contributed by atoms with van der Waals surface area (Å²) in [7, 11) is -3.39. The lowest BCUT2D eigenvalue weighted by atomic mass is 10.2. The van der Waals surface area contributed by atoms with Crippen LogP contribution < -0.4 is 11.1 Å². The summed E-state index contributed by atoms with van der Waals surface area (Å²) in [6.45, 7) is 1.95. The Balaban J connectivity index is 0.00000243. The molecule has 0 aromatic heterocycles. The minimum absolute atomic E-state index is 0. The number of nitrogens with two attached hydrogens (primary N) is 1. The molecule has 2 atom stereocenters. The molecule has 0 aliphatic carbocycles. The topological polar surface area (TPSA) is 102 Å². The number of amides is 1. The molecule has 7 nitrogen and oxygen atoms in total. The van der Waals surface area contributed by atoms with Gasteiger partial charge in [0.2, 0.25) is 15.9 Å². The van der Waals surface area contributed by atoms with Crippen LogP contribution in [0.3, 0.4) is 0 Å². The Morgan fingerprint density at radius 1 is 1.19 bits per heavy atom. The molecule has 2 heterocycles. The summed E-state index contributed by atoms with van der Waals surface area (Å²) in [5.74, 6) is -0.148. The van der Waals surface area contributed by atoms with Crippen LogP contribution in [-0.4, -0.2) is 50.5 Å². The van der Waals surface area contributed by atoms with Gasteiger partial charge in [-0.2, -0.15) is 4.31 Å². The van der Waals surface area contributed by atoms with Gasteiger partial charge in [0, 0.05) is 26.2 Å². The SMILES string of the molecule is Cl.NC[C@H]1CC[C@@H](C(=O)NCc2ccc(S(=O)(=O)N3CCCC3)cc2)O1. The molecule has 2 aliphatic rings. The average Bonchev–Trinajstić information content (AvgIpc) is 3.31. The predicted molar refractivity (Wildman–Crippen MR) is 100 cm³/mol. The Kier molecular flexibility index (Phi) is 7.42. The summed E-state index contributed by atoms with van der Waals surface area (Å²) in [4.78, 5) is 12.4. The van der Waals surface area contributed by atoms with Gasteiger partial charge in [0.15, 0.2) is 0 Å². The molecular weight excluding hydrogens is 378 g/mol. The molecule has 9 heteroatoms. The van der Waals surface area contributed by atoms with Crippen LogP contribution in [0.5, 0.6) is 0 Å². The van der Waals surface area contributed by atoms with Crippen molar-refractivity contribution < 1.29 is 17.9 Å². The molecule has 3 rings (SSSR count). The second-order valence-electron chi connectivity index (χ2n) is 6.53. The van der Waals surface area contributed by atoms with Crippen LogP contribution in [-0.2, 0) is 26.1 Å². The van der Waals surface area contributed by atoms with Gasteiger partial charge in [-0.15, -0.1) is 12.4 Å². The van der Waals surface area contributed by atoms with Gasteiger partial charge < -0.3 is 15.8 Å². The fourth-order valence-corrected chi connectivity index (χ4v) is 4.75. The Morgan fingerprint density at radius 2 is 1.85 bits per heavy atom. The monoisotopic (exact) mass is 403 g/mol. The largest absolute Gasteiger partial charge is 0.364 e. The molecule has 0 spiro atoms. The van der Waals surface area contributed by atoms with Crippen molar-refractivity contribution in [1.29, 1.82) is 0 Å². The standard InChI is InChI=1S/C17H25N3O4S.ClH/c18-11-14-5-8-16(24-14)17(21)19-12-13-3-6-15(7-4-13)25(22,23)20-9-1-2-10-20;/h3-4,6-7,14,16H,1-2,5,8-12,18H2,(H,19,21);1H/t14-,16+;/m1./s1. The molecule has 2 saturated heterocycles. The molecule has 0 saturated carbocycles. The van der Waals surface area contributed by atoms with E-state index in [0.29, 0.717) is 37.5 Å². The zero-order valence-corrected chi connectivity index (χ0v) is 16.2. The van der Waals surface area contributed by atoms with E-state index in [2.05, 4.69) is 5.32 Å². The summed E-state index contributed by atoms with van der Waals surface area (Å²) in [5.41, 5.74) is 6.40. The third-order valence-corrected chi connectivity index (χ3v) is 6.67. The molecule has 1 aromatic carbocycles. The normalized spacial score (nSPS) is 23.6. The lowest BCUT2D eigenvalue weighted by Gasteiger charge is -2.16. The quantitative estimate of drug-likeness (QED) is 0.738. The molecule has 0 bridgehead atoms. The van der Waals surface area contributed by atoms with Crippen molar-refractivity contribution in [2.24, 2.45) is 5.73 Å². The van der Waals surface area contributed by atoms with E-state index in [-0.39, 0.29) is 24.4 Å². The first kappa shape index (κ1) is 21.1. The summed E-state index contributed by atoms with van der Waals surface area (Å²) < 4.78 is 32.0. The predicted octanol–water partition coefficient (Wildman–Crippen LogP) is 1.02. The van der Waals surface area contributed by atoms with Crippen molar-refractivity contribution in [3.8, 4) is 0 Å². The molecule has 0 unspecified atom stereocenters. The third-order valence-electron chi connectivity index (χ3n) is 4.76. The molecule has 0 radical (unpaired) electrons. The van der Waals surface area contributed by atoms with Gasteiger partial charge in [-0.1, -0.05) is 12.1 Å². The highest BCUT2D eigenvalue weighted by Gasteiger charge is 2.30. The highest BCUT2D eigenvalue weighted by atomic mass is 35.5. The van der Waals surface area contributed by atoms with Crippen molar-refractivity contribution in [2.75, 3.05) is 19.6 Å². The summed E-state index contributed by atoms with van der Waals surface area (Å²) in [6, 6.07) is 6.68. The smallest absolute Gasteiger partial charge is 0.249 e. The van der Waals surface area contributed by atoms with Crippen molar-refractivity contribution in [3.05, 3.63) is 29.8 Å².